The van der Waals surface area contributed by atoms with Gasteiger partial charge in [-0.25, -0.2) is 9.78 Å². The monoisotopic (exact) mass is 136 g/mol. The quantitative estimate of drug-likeness (QED) is 0.370. The third kappa shape index (κ3) is 1.03. The summed E-state index contributed by atoms with van der Waals surface area (Å²) in [7, 11) is 0. The third-order valence-electron chi connectivity index (χ3n) is 1.48. The van der Waals surface area contributed by atoms with Gasteiger partial charge in [0.05, 0.1) is 0 Å². The normalized spacial score (nSPS) is 42.4. The molecule has 2 atom stereocenters. The highest BCUT2D eigenvalue weighted by Gasteiger charge is 2.13. The van der Waals surface area contributed by atoms with Crippen LogP contribution in [0.4, 0.5) is 0 Å². The van der Waals surface area contributed by atoms with Crippen molar-refractivity contribution in [3.63, 3.8) is 0 Å². The van der Waals surface area contributed by atoms with Crippen LogP contribution in [-0.2, 0) is 9.78 Å². The maximum atomic E-state index is 4.96. The third-order valence-corrected chi connectivity index (χ3v) is 1.48. The van der Waals surface area contributed by atoms with E-state index in [1.165, 1.54) is 0 Å². The van der Waals surface area contributed by atoms with Crippen LogP contribution in [0.1, 0.15) is 0 Å². The summed E-state index contributed by atoms with van der Waals surface area (Å²) in [5.41, 5.74) is 0. The maximum Gasteiger partial charge on any atom is 0.130 e. The highest BCUT2D eigenvalue weighted by Crippen LogP contribution is 2.13. The summed E-state index contributed by atoms with van der Waals surface area (Å²) in [6.07, 6.45) is 11.8. The molecule has 2 bridgehead atoms. The Kier molecular flexibility index (Phi) is 1.42. The minimum Gasteiger partial charge on any atom is -0.224 e. The molecular weight excluding hydrogens is 128 g/mol. The summed E-state index contributed by atoms with van der Waals surface area (Å²) >= 11 is 0. The molecule has 2 heterocycles. The van der Waals surface area contributed by atoms with Gasteiger partial charge in [0.15, 0.2) is 0 Å². The van der Waals surface area contributed by atoms with Crippen molar-refractivity contribution in [3.8, 4) is 0 Å². The first kappa shape index (κ1) is 5.89. The first-order chi connectivity index (χ1) is 4.95. The van der Waals surface area contributed by atoms with Gasteiger partial charge in [-0.2, -0.15) is 0 Å². The van der Waals surface area contributed by atoms with E-state index in [1.54, 1.807) is 0 Å². The van der Waals surface area contributed by atoms with Crippen LogP contribution < -0.4 is 0 Å². The van der Waals surface area contributed by atoms with E-state index in [0.717, 1.165) is 0 Å². The van der Waals surface area contributed by atoms with Crippen LogP contribution in [0.15, 0.2) is 36.5 Å². The highest BCUT2D eigenvalue weighted by molar-refractivity contribution is 5.19. The molecule has 2 nitrogen and oxygen atoms in total. The smallest absolute Gasteiger partial charge is 0.130 e. The Morgan fingerprint density at radius 1 is 0.700 bits per heavy atom. The van der Waals surface area contributed by atoms with Gasteiger partial charge >= 0.3 is 0 Å². The first-order valence-corrected chi connectivity index (χ1v) is 3.30. The van der Waals surface area contributed by atoms with Crippen molar-refractivity contribution in [2.24, 2.45) is 0 Å². The lowest BCUT2D eigenvalue weighted by atomic mass is 10.2. The average molecular weight is 136 g/mol. The van der Waals surface area contributed by atoms with Crippen LogP contribution in [0.5, 0.6) is 0 Å². The molecule has 0 saturated heterocycles. The molecule has 0 fully saturated rings. The minimum absolute atomic E-state index is 0.00111. The van der Waals surface area contributed by atoms with E-state index in [9.17, 15) is 0 Å². The fourth-order valence-corrected chi connectivity index (χ4v) is 0.951. The van der Waals surface area contributed by atoms with E-state index in [4.69, 9.17) is 9.78 Å². The van der Waals surface area contributed by atoms with E-state index in [-0.39, 0.29) is 12.2 Å². The van der Waals surface area contributed by atoms with Crippen molar-refractivity contribution in [2.75, 3.05) is 0 Å². The number of fused-ring (bicyclic) bond motifs is 2. The number of hydrogen-bond acceptors (Lipinski definition) is 2. The van der Waals surface area contributed by atoms with Crippen LogP contribution >= 0.6 is 0 Å². The van der Waals surface area contributed by atoms with Crippen molar-refractivity contribution in [1.82, 2.24) is 0 Å². The lowest BCUT2D eigenvalue weighted by Gasteiger charge is -2.19. The molecule has 0 radical (unpaired) electrons. The summed E-state index contributed by atoms with van der Waals surface area (Å²) in [5, 5.41) is 0. The van der Waals surface area contributed by atoms with Crippen molar-refractivity contribution >= 4 is 0 Å². The minimum atomic E-state index is 0.00111. The van der Waals surface area contributed by atoms with Gasteiger partial charge in [-0.1, -0.05) is 12.2 Å². The lowest BCUT2D eigenvalue weighted by Crippen LogP contribution is -2.20. The van der Waals surface area contributed by atoms with Crippen LogP contribution in [0.2, 0.25) is 0 Å². The Morgan fingerprint density at radius 3 is 1.60 bits per heavy atom. The van der Waals surface area contributed by atoms with Crippen molar-refractivity contribution in [2.45, 2.75) is 12.2 Å². The second-order valence-electron chi connectivity index (χ2n) is 2.28. The zero-order chi connectivity index (χ0) is 6.81. The molecule has 52 valence electrons. The second kappa shape index (κ2) is 2.40. The predicted molar refractivity (Wildman–Crippen MR) is 37.2 cm³/mol. The molecule has 3 aliphatic rings. The molecule has 2 unspecified atom stereocenters. The molecule has 0 spiro atoms. The van der Waals surface area contributed by atoms with E-state index >= 15 is 0 Å². The van der Waals surface area contributed by atoms with Gasteiger partial charge in [0, 0.05) is 0 Å². The zero-order valence-electron chi connectivity index (χ0n) is 5.44. The standard InChI is InChI=1S/C8H8O2/c1-2-4-8-6-5-7(3-1)9-10-8/h1-8H/b3-1-,4-2-. The van der Waals surface area contributed by atoms with Gasteiger partial charge in [-0.05, 0) is 24.3 Å². The first-order valence-electron chi connectivity index (χ1n) is 3.30. The molecule has 0 saturated carbocycles. The summed E-state index contributed by atoms with van der Waals surface area (Å²) in [4.78, 5) is 9.91. The fourth-order valence-electron chi connectivity index (χ4n) is 0.951. The summed E-state index contributed by atoms with van der Waals surface area (Å²) < 4.78 is 0. The topological polar surface area (TPSA) is 18.5 Å². The molecular formula is C8H8O2. The van der Waals surface area contributed by atoms with E-state index in [2.05, 4.69) is 0 Å². The molecule has 0 N–H and O–H groups in total. The van der Waals surface area contributed by atoms with Crippen LogP contribution in [0.25, 0.3) is 0 Å². The van der Waals surface area contributed by atoms with E-state index in [0.29, 0.717) is 0 Å². The van der Waals surface area contributed by atoms with Gasteiger partial charge in [-0.15, -0.1) is 0 Å². The van der Waals surface area contributed by atoms with Gasteiger partial charge in [0.2, 0.25) is 0 Å². The predicted octanol–water partition coefficient (Wildman–Crippen LogP) is 1.37. The molecule has 2 aliphatic heterocycles. The Morgan fingerprint density at radius 2 is 1.20 bits per heavy atom. The van der Waals surface area contributed by atoms with Gasteiger partial charge in [0.25, 0.3) is 0 Å². The summed E-state index contributed by atoms with van der Waals surface area (Å²) in [5.74, 6) is 0. The lowest BCUT2D eigenvalue weighted by molar-refractivity contribution is -0.321. The summed E-state index contributed by atoms with van der Waals surface area (Å²) in [6.45, 7) is 0. The molecule has 3 rings (SSSR count). The Labute approximate surface area is 59.4 Å². The average Bonchev–Trinajstić information content (AvgIpc) is 1.89. The molecule has 2 heteroatoms. The van der Waals surface area contributed by atoms with Gasteiger partial charge in [0.1, 0.15) is 12.2 Å². The van der Waals surface area contributed by atoms with Crippen LogP contribution in [-0.4, -0.2) is 12.2 Å². The van der Waals surface area contributed by atoms with E-state index in [1.807, 2.05) is 36.5 Å². The molecule has 0 aromatic carbocycles. The maximum absolute atomic E-state index is 4.96. The van der Waals surface area contributed by atoms with Crippen LogP contribution in [0.3, 0.4) is 0 Å². The fraction of sp³-hybridized carbons (Fsp3) is 0.250. The molecule has 1 aliphatic carbocycles. The largest absolute Gasteiger partial charge is 0.224 e. The Bertz CT molecular complexity index is 181. The molecule has 0 aromatic heterocycles. The molecule has 0 amide bonds. The zero-order valence-corrected chi connectivity index (χ0v) is 5.44. The Balaban J connectivity index is 2.29. The van der Waals surface area contributed by atoms with E-state index < -0.39 is 0 Å². The molecule has 10 heavy (non-hydrogen) atoms. The van der Waals surface area contributed by atoms with Gasteiger partial charge < -0.3 is 0 Å². The van der Waals surface area contributed by atoms with Crippen molar-refractivity contribution in [1.29, 1.82) is 0 Å². The SMILES string of the molecule is C1=CC2/C=C\C=C/C1OO2. The number of allylic oxidation sites excluding steroid dienone is 2. The molecule has 0 aromatic rings. The Hall–Kier alpha value is -0.860. The second-order valence-corrected chi connectivity index (χ2v) is 2.28. The van der Waals surface area contributed by atoms with Crippen molar-refractivity contribution in [3.05, 3.63) is 36.5 Å². The van der Waals surface area contributed by atoms with Crippen molar-refractivity contribution < 1.29 is 9.78 Å². The van der Waals surface area contributed by atoms with Gasteiger partial charge in [-0.3, -0.25) is 0 Å². The number of rotatable bonds is 0. The number of hydrogen-bond donors (Lipinski definition) is 0. The van der Waals surface area contributed by atoms with Crippen LogP contribution in [0, 0.1) is 0 Å². The summed E-state index contributed by atoms with van der Waals surface area (Å²) in [6, 6.07) is 0. The highest BCUT2D eigenvalue weighted by atomic mass is 17.2.